The Morgan fingerprint density at radius 2 is 2.33 bits per heavy atom. The van der Waals surface area contributed by atoms with Crippen molar-refractivity contribution in [1.82, 2.24) is 4.98 Å². The molecule has 0 amide bonds. The first-order chi connectivity index (χ1) is 6.43. The van der Waals surface area contributed by atoms with E-state index in [4.69, 9.17) is 2.74 Å². The van der Waals surface area contributed by atoms with Crippen molar-refractivity contribution < 1.29 is 2.74 Å². The van der Waals surface area contributed by atoms with E-state index >= 15 is 0 Å². The number of aromatic nitrogens is 1. The molecular formula is C9H11I2N. The van der Waals surface area contributed by atoms with Crippen LogP contribution in [0.25, 0.3) is 0 Å². The van der Waals surface area contributed by atoms with E-state index in [0.29, 0.717) is 14.0 Å². The number of hydrogen-bond acceptors (Lipinski definition) is 1. The number of halogens is 2. The third-order valence-corrected chi connectivity index (χ3v) is 2.24. The van der Waals surface area contributed by atoms with E-state index in [0.717, 1.165) is 23.4 Å². The van der Waals surface area contributed by atoms with Gasteiger partial charge in [-0.1, -0.05) is 45.2 Å². The summed E-state index contributed by atoms with van der Waals surface area (Å²) < 4.78 is 16.1. The van der Waals surface area contributed by atoms with Gasteiger partial charge in [-0.15, -0.1) is 0 Å². The first kappa shape index (κ1) is 7.96. The fourth-order valence-electron chi connectivity index (χ4n) is 1.03. The van der Waals surface area contributed by atoms with E-state index in [9.17, 15) is 0 Å². The molecule has 1 aromatic heterocycles. The van der Waals surface area contributed by atoms with Crippen LogP contribution in [0.5, 0.6) is 0 Å². The molecule has 0 fully saturated rings. The Bertz CT molecular complexity index is 327. The maximum atomic E-state index is 7.84. The van der Waals surface area contributed by atoms with Gasteiger partial charge < -0.3 is 0 Å². The average Bonchev–Trinajstić information content (AvgIpc) is 2.09. The van der Waals surface area contributed by atoms with E-state index in [1.54, 1.807) is 0 Å². The number of nitrogens with zero attached hydrogens (tertiary/aromatic N) is 1. The zero-order valence-electron chi connectivity index (χ0n) is 8.99. The summed E-state index contributed by atoms with van der Waals surface area (Å²) in [7, 11) is 0. The molecule has 0 bridgehead atoms. The van der Waals surface area contributed by atoms with Gasteiger partial charge in [-0.2, -0.15) is 0 Å². The topological polar surface area (TPSA) is 12.9 Å². The maximum Gasteiger partial charge on any atom is 0.0666 e. The Morgan fingerprint density at radius 1 is 1.67 bits per heavy atom. The van der Waals surface area contributed by atoms with Crippen LogP contribution in [0, 0.1) is 13.8 Å². The van der Waals surface area contributed by atoms with E-state index in [1.165, 1.54) is 0 Å². The van der Waals surface area contributed by atoms with Crippen LogP contribution in [0.4, 0.5) is 0 Å². The molecule has 0 aromatic carbocycles. The molecule has 1 aromatic rings. The molecule has 1 nitrogen and oxygen atoms in total. The van der Waals surface area contributed by atoms with Gasteiger partial charge in [0.1, 0.15) is 0 Å². The third-order valence-electron chi connectivity index (χ3n) is 1.36. The van der Waals surface area contributed by atoms with E-state index < -0.39 is 0 Å². The zero-order chi connectivity index (χ0) is 10.9. The lowest BCUT2D eigenvalue weighted by molar-refractivity contribution is 1.06. The summed E-state index contributed by atoms with van der Waals surface area (Å²) in [4.78, 5) is 4.16. The van der Waals surface area contributed by atoms with E-state index in [-0.39, 0.29) is 0 Å². The van der Waals surface area contributed by atoms with Gasteiger partial charge in [-0.25, -0.2) is 0 Å². The Labute approximate surface area is 103 Å². The summed E-state index contributed by atoms with van der Waals surface area (Å²) in [6.07, 6.45) is 0.767. The van der Waals surface area contributed by atoms with Gasteiger partial charge in [0, 0.05) is 11.4 Å². The fourth-order valence-corrected chi connectivity index (χ4v) is 1.91. The molecule has 0 aliphatic carbocycles. The van der Waals surface area contributed by atoms with Crippen molar-refractivity contribution in [3.05, 3.63) is 29.0 Å². The molecule has 0 aliphatic heterocycles. The molecule has 0 N–H and O–H groups in total. The normalized spacial score (nSPS) is 13.1. The summed E-state index contributed by atoms with van der Waals surface area (Å²) in [6.45, 7) is 3.65. The molecule has 0 atom stereocenters. The lowest BCUT2D eigenvalue weighted by atomic mass is 10.1. The van der Waals surface area contributed by atoms with Crippen LogP contribution in [0.1, 0.15) is 19.7 Å². The molecule has 1 rings (SSSR count). The van der Waals surface area contributed by atoms with Crippen molar-refractivity contribution in [2.45, 2.75) is 22.2 Å². The molecular weight excluding hydrogens is 376 g/mol. The summed E-state index contributed by atoms with van der Waals surface area (Å²) in [5.74, 6) is 0. The fraction of sp³-hybridized carbons (Fsp3) is 0.444. The molecule has 0 aliphatic rings. The van der Waals surface area contributed by atoms with E-state index in [2.05, 4.69) is 50.2 Å². The van der Waals surface area contributed by atoms with Crippen molar-refractivity contribution in [1.29, 1.82) is 0 Å². The molecule has 0 spiro atoms. The summed E-state index contributed by atoms with van der Waals surface area (Å²) in [6, 6.07) is 0.859. The highest BCUT2D eigenvalue weighted by molar-refractivity contribution is 14.2. The number of hydrogen-bond donors (Lipinski definition) is 0. The SMILES string of the molecule is [2H]c1c(C)nc(C)c([3H])c1CC(I)I. The predicted molar refractivity (Wildman–Crippen MR) is 69.2 cm³/mol. The zero-order valence-corrected chi connectivity index (χ0v) is 11.3. The number of aryl methyl sites for hydroxylation is 2. The predicted octanol–water partition coefficient (Wildman–Crippen LogP) is 3.44. The number of alkyl halides is 2. The minimum absolute atomic E-state index is 0.416. The second kappa shape index (κ2) is 4.74. The second-order valence-corrected chi connectivity index (χ2v) is 8.00. The first-order valence-corrected chi connectivity index (χ1v) is 6.14. The van der Waals surface area contributed by atoms with Crippen molar-refractivity contribution in [2.24, 2.45) is 0 Å². The smallest absolute Gasteiger partial charge is 0.0666 e. The minimum atomic E-state index is 0.416. The number of rotatable bonds is 2. The van der Waals surface area contributed by atoms with Crippen LogP contribution in [-0.2, 0) is 6.42 Å². The summed E-state index contributed by atoms with van der Waals surface area (Å²) in [5, 5.41) is 0. The van der Waals surface area contributed by atoms with Crippen LogP contribution >= 0.6 is 45.2 Å². The Balaban J connectivity index is 3.25. The van der Waals surface area contributed by atoms with Gasteiger partial charge in [-0.05, 0) is 37.9 Å². The van der Waals surface area contributed by atoms with Gasteiger partial charge in [0.05, 0.1) is 4.67 Å². The molecule has 1 heterocycles. The molecule has 12 heavy (non-hydrogen) atoms. The Hall–Kier alpha value is 0.610. The quantitative estimate of drug-likeness (QED) is 0.557. The van der Waals surface area contributed by atoms with Gasteiger partial charge in [0.15, 0.2) is 0 Å². The van der Waals surface area contributed by atoms with Crippen molar-refractivity contribution in [3.63, 3.8) is 0 Å². The summed E-state index contributed by atoms with van der Waals surface area (Å²) in [5.41, 5.74) is 2.27. The third kappa shape index (κ3) is 3.55. The Morgan fingerprint density at radius 3 is 2.92 bits per heavy atom. The van der Waals surface area contributed by atoms with Gasteiger partial charge in [0.2, 0.25) is 0 Å². The average molecular weight is 390 g/mol. The monoisotopic (exact) mass is 390 g/mol. The lowest BCUT2D eigenvalue weighted by Crippen LogP contribution is -1.96. The van der Waals surface area contributed by atoms with Crippen LogP contribution in [0.15, 0.2) is 12.1 Å². The lowest BCUT2D eigenvalue weighted by Gasteiger charge is -2.04. The highest BCUT2D eigenvalue weighted by Crippen LogP contribution is 2.17. The van der Waals surface area contributed by atoms with Gasteiger partial charge >= 0.3 is 0 Å². The van der Waals surface area contributed by atoms with Crippen molar-refractivity contribution in [3.8, 4) is 0 Å². The molecule has 0 saturated heterocycles. The van der Waals surface area contributed by atoms with E-state index in [1.807, 2.05) is 13.8 Å². The van der Waals surface area contributed by atoms with Crippen molar-refractivity contribution >= 4 is 45.2 Å². The van der Waals surface area contributed by atoms with Gasteiger partial charge in [-0.3, -0.25) is 4.98 Å². The molecule has 3 heteroatoms. The number of pyridine rings is 1. The first-order valence-electron chi connectivity index (χ1n) is 4.65. The van der Waals surface area contributed by atoms with Crippen molar-refractivity contribution in [2.75, 3.05) is 0 Å². The minimum Gasteiger partial charge on any atom is -0.258 e. The Kier molecular flexibility index (Phi) is 3.14. The largest absolute Gasteiger partial charge is 0.258 e. The maximum absolute atomic E-state index is 7.84. The summed E-state index contributed by atoms with van der Waals surface area (Å²) >= 11 is 4.60. The molecule has 66 valence electrons. The van der Waals surface area contributed by atoms with Crippen LogP contribution in [0.2, 0.25) is 0 Å². The second-order valence-electron chi connectivity index (χ2n) is 2.61. The molecule has 0 unspecified atom stereocenters. The standard InChI is InChI=1S/C9H11I2N/c1-6-3-8(5-9(10)11)4-7(2)12-6/h3-4,9H,5H2,1-2H3/i3D,4T. The van der Waals surface area contributed by atoms with Crippen LogP contribution < -0.4 is 0 Å². The van der Waals surface area contributed by atoms with Gasteiger partial charge in [0.25, 0.3) is 0 Å². The molecule has 0 saturated carbocycles. The highest BCUT2D eigenvalue weighted by atomic mass is 127. The highest BCUT2D eigenvalue weighted by Gasteiger charge is 2.01. The van der Waals surface area contributed by atoms with Crippen LogP contribution in [0.3, 0.4) is 0 Å². The van der Waals surface area contributed by atoms with Crippen LogP contribution in [-0.4, -0.2) is 6.92 Å². The molecule has 0 radical (unpaired) electrons.